The van der Waals surface area contributed by atoms with Gasteiger partial charge in [-0.25, -0.2) is 0 Å². The Morgan fingerprint density at radius 3 is 2.41 bits per heavy atom. The molecule has 0 amide bonds. The summed E-state index contributed by atoms with van der Waals surface area (Å²) in [6.45, 7) is 7.99. The number of allylic oxidation sites excluding steroid dienone is 4. The Hall–Kier alpha value is -0.640. The molecule has 1 heterocycles. The predicted octanol–water partition coefficient (Wildman–Crippen LogP) is 4.37. The number of aliphatic hydroxyl groups excluding tert-OH is 1. The third-order valence-corrected chi connectivity index (χ3v) is 5.23. The first kappa shape index (κ1) is 17.7. The zero-order valence-corrected chi connectivity index (χ0v) is 14.5. The first-order valence-corrected chi connectivity index (χ1v) is 8.71. The van der Waals surface area contributed by atoms with E-state index in [1.807, 2.05) is 0 Å². The number of hydrogen-bond donors (Lipinski definition) is 1. The van der Waals surface area contributed by atoms with Crippen LogP contribution < -0.4 is 0 Å². The van der Waals surface area contributed by atoms with Crippen LogP contribution in [0.3, 0.4) is 0 Å². The monoisotopic (exact) mass is 308 g/mol. The van der Waals surface area contributed by atoms with Crippen molar-refractivity contribution in [2.75, 3.05) is 19.8 Å². The first-order valence-electron chi connectivity index (χ1n) is 8.71. The van der Waals surface area contributed by atoms with Crippen LogP contribution in [0.15, 0.2) is 23.3 Å². The summed E-state index contributed by atoms with van der Waals surface area (Å²) in [4.78, 5) is 0. The largest absolute Gasteiger partial charge is 0.396 e. The van der Waals surface area contributed by atoms with E-state index in [2.05, 4.69) is 32.9 Å². The predicted molar refractivity (Wildman–Crippen MR) is 89.7 cm³/mol. The van der Waals surface area contributed by atoms with Crippen molar-refractivity contribution >= 4 is 0 Å². The van der Waals surface area contributed by atoms with Gasteiger partial charge in [-0.1, -0.05) is 23.3 Å². The summed E-state index contributed by atoms with van der Waals surface area (Å²) in [5.74, 6) is -0.508. The number of ether oxygens (including phenoxy) is 2. The van der Waals surface area contributed by atoms with Crippen molar-refractivity contribution in [3.05, 3.63) is 23.3 Å². The van der Waals surface area contributed by atoms with Gasteiger partial charge in [0.2, 0.25) is 0 Å². The molecule has 1 saturated carbocycles. The van der Waals surface area contributed by atoms with Gasteiger partial charge in [-0.2, -0.15) is 0 Å². The quantitative estimate of drug-likeness (QED) is 0.710. The van der Waals surface area contributed by atoms with E-state index < -0.39 is 5.79 Å². The average molecular weight is 308 g/mol. The molecule has 22 heavy (non-hydrogen) atoms. The Labute approximate surface area is 135 Å². The van der Waals surface area contributed by atoms with E-state index in [4.69, 9.17) is 9.47 Å². The van der Waals surface area contributed by atoms with E-state index in [9.17, 15) is 5.11 Å². The van der Waals surface area contributed by atoms with Crippen molar-refractivity contribution < 1.29 is 14.6 Å². The topological polar surface area (TPSA) is 38.7 Å². The average Bonchev–Trinajstić information content (AvgIpc) is 3.08. The van der Waals surface area contributed by atoms with Gasteiger partial charge in [0, 0.05) is 11.8 Å². The smallest absolute Gasteiger partial charge is 0.176 e. The molecule has 3 nitrogen and oxygen atoms in total. The molecule has 1 aliphatic heterocycles. The van der Waals surface area contributed by atoms with Crippen molar-refractivity contribution in [3.63, 3.8) is 0 Å². The molecule has 2 fully saturated rings. The van der Waals surface area contributed by atoms with E-state index in [-0.39, 0.29) is 12.0 Å². The van der Waals surface area contributed by atoms with Crippen molar-refractivity contribution in [2.24, 2.45) is 5.41 Å². The summed E-state index contributed by atoms with van der Waals surface area (Å²) in [6.07, 6.45) is 11.8. The van der Waals surface area contributed by atoms with Gasteiger partial charge in [0.1, 0.15) is 0 Å². The van der Waals surface area contributed by atoms with Gasteiger partial charge in [0.05, 0.1) is 19.8 Å². The molecule has 0 bridgehead atoms. The molecule has 1 aliphatic carbocycles. The van der Waals surface area contributed by atoms with E-state index >= 15 is 0 Å². The summed E-state index contributed by atoms with van der Waals surface area (Å²) in [6, 6.07) is 0. The van der Waals surface area contributed by atoms with Crippen LogP contribution in [0.25, 0.3) is 0 Å². The summed E-state index contributed by atoms with van der Waals surface area (Å²) in [5, 5.41) is 10.0. The SMILES string of the molecule is CC(C)=CCC/C(C)=C/CC[C@]1(CO)CCCC12OCCO2. The minimum atomic E-state index is -0.508. The van der Waals surface area contributed by atoms with E-state index in [0.29, 0.717) is 13.2 Å². The van der Waals surface area contributed by atoms with Gasteiger partial charge in [-0.3, -0.25) is 0 Å². The van der Waals surface area contributed by atoms with Crippen molar-refractivity contribution in [1.29, 1.82) is 0 Å². The van der Waals surface area contributed by atoms with Crippen molar-refractivity contribution in [3.8, 4) is 0 Å². The Bertz CT molecular complexity index is 409. The molecule has 1 spiro atoms. The van der Waals surface area contributed by atoms with Crippen LogP contribution in [0.5, 0.6) is 0 Å². The Morgan fingerprint density at radius 1 is 1.05 bits per heavy atom. The van der Waals surface area contributed by atoms with Crippen LogP contribution in [-0.2, 0) is 9.47 Å². The van der Waals surface area contributed by atoms with Crippen LogP contribution in [0.4, 0.5) is 0 Å². The fraction of sp³-hybridized carbons (Fsp3) is 0.789. The third-order valence-electron chi connectivity index (χ3n) is 5.23. The maximum atomic E-state index is 10.0. The molecule has 1 saturated heterocycles. The molecule has 126 valence electrons. The highest BCUT2D eigenvalue weighted by atomic mass is 16.7. The molecular weight excluding hydrogens is 276 g/mol. The number of aliphatic hydroxyl groups is 1. The minimum absolute atomic E-state index is 0.164. The summed E-state index contributed by atoms with van der Waals surface area (Å²) < 4.78 is 11.9. The second-order valence-electron chi connectivity index (χ2n) is 7.15. The zero-order valence-electron chi connectivity index (χ0n) is 14.5. The van der Waals surface area contributed by atoms with Gasteiger partial charge in [0.25, 0.3) is 0 Å². The minimum Gasteiger partial charge on any atom is -0.396 e. The van der Waals surface area contributed by atoms with E-state index in [1.54, 1.807) is 0 Å². The van der Waals surface area contributed by atoms with Crippen LogP contribution in [-0.4, -0.2) is 30.7 Å². The second-order valence-corrected chi connectivity index (χ2v) is 7.15. The Morgan fingerprint density at radius 2 is 1.77 bits per heavy atom. The van der Waals surface area contributed by atoms with Gasteiger partial charge in [-0.15, -0.1) is 0 Å². The van der Waals surface area contributed by atoms with Crippen LogP contribution in [0.1, 0.15) is 65.7 Å². The van der Waals surface area contributed by atoms with Crippen LogP contribution in [0, 0.1) is 5.41 Å². The molecule has 1 atom stereocenters. The maximum absolute atomic E-state index is 10.0. The van der Waals surface area contributed by atoms with Crippen molar-refractivity contribution in [1.82, 2.24) is 0 Å². The summed E-state index contributed by atoms with van der Waals surface area (Å²) >= 11 is 0. The normalized spacial score (nSPS) is 27.5. The summed E-state index contributed by atoms with van der Waals surface area (Å²) in [5.41, 5.74) is 2.61. The van der Waals surface area contributed by atoms with Gasteiger partial charge in [-0.05, 0) is 59.3 Å². The van der Waals surface area contributed by atoms with Crippen LogP contribution >= 0.6 is 0 Å². The Balaban J connectivity index is 1.89. The molecule has 1 N–H and O–H groups in total. The maximum Gasteiger partial charge on any atom is 0.176 e. The van der Waals surface area contributed by atoms with Crippen molar-refractivity contribution in [2.45, 2.75) is 71.5 Å². The van der Waals surface area contributed by atoms with E-state index in [0.717, 1.165) is 44.9 Å². The highest BCUT2D eigenvalue weighted by Crippen LogP contribution is 2.53. The lowest BCUT2D eigenvalue weighted by Gasteiger charge is -2.40. The molecule has 0 unspecified atom stereocenters. The molecule has 0 aromatic heterocycles. The van der Waals surface area contributed by atoms with Crippen LogP contribution in [0.2, 0.25) is 0 Å². The zero-order chi connectivity index (χ0) is 16.1. The first-order chi connectivity index (χ1) is 10.5. The Kier molecular flexibility index (Phi) is 6.25. The number of hydrogen-bond acceptors (Lipinski definition) is 3. The highest BCUT2D eigenvalue weighted by molar-refractivity contribution is 5.05. The molecule has 0 radical (unpaired) electrons. The highest BCUT2D eigenvalue weighted by Gasteiger charge is 2.58. The molecule has 0 aromatic rings. The lowest BCUT2D eigenvalue weighted by atomic mass is 9.77. The van der Waals surface area contributed by atoms with Gasteiger partial charge in [0.15, 0.2) is 5.79 Å². The number of rotatable bonds is 7. The second kappa shape index (κ2) is 7.76. The van der Waals surface area contributed by atoms with E-state index in [1.165, 1.54) is 11.1 Å². The fourth-order valence-corrected chi connectivity index (χ4v) is 3.90. The third kappa shape index (κ3) is 3.81. The standard InChI is InChI=1S/C19H32O3/c1-16(2)7-4-8-17(3)9-5-10-18(15-20)11-6-12-19(18)21-13-14-22-19/h7,9,20H,4-6,8,10-15H2,1-3H3/b17-9+/t18-/m1/s1. The lowest BCUT2D eigenvalue weighted by Crippen LogP contribution is -2.47. The fourth-order valence-electron chi connectivity index (χ4n) is 3.90. The molecule has 0 aromatic carbocycles. The molecule has 3 heteroatoms. The molecule has 2 rings (SSSR count). The molecule has 2 aliphatic rings. The summed E-state index contributed by atoms with van der Waals surface area (Å²) in [7, 11) is 0. The van der Waals surface area contributed by atoms with Gasteiger partial charge < -0.3 is 14.6 Å². The van der Waals surface area contributed by atoms with Gasteiger partial charge >= 0.3 is 0 Å². The molecular formula is C19H32O3. The lowest BCUT2D eigenvalue weighted by molar-refractivity contribution is -0.233.